The second-order valence-corrected chi connectivity index (χ2v) is 11.7. The number of unbranched alkanes of at least 4 members (excludes halogenated alkanes) is 7. The monoisotopic (exact) mass is 744 g/mol. The molecule has 0 aliphatic rings. The van der Waals surface area contributed by atoms with Crippen molar-refractivity contribution in [2.75, 3.05) is 19.8 Å². The fourth-order valence-electron chi connectivity index (χ4n) is 4.61. The Morgan fingerprint density at radius 3 is 1.19 bits per heavy atom. The molecule has 0 aliphatic carbocycles. The van der Waals surface area contributed by atoms with Crippen molar-refractivity contribution in [1.82, 2.24) is 0 Å². The molecule has 3 aromatic rings. The zero-order chi connectivity index (χ0) is 39.0. The van der Waals surface area contributed by atoms with Crippen LogP contribution in [0, 0.1) is 0 Å². The van der Waals surface area contributed by atoms with Crippen LogP contribution in [0.5, 0.6) is 23.0 Å². The summed E-state index contributed by atoms with van der Waals surface area (Å²) in [6.07, 6.45) is 8.31. The molecule has 0 amide bonds. The van der Waals surface area contributed by atoms with E-state index in [2.05, 4.69) is 13.2 Å². The molecule has 0 N–H and O–H groups in total. The zero-order valence-electron chi connectivity index (χ0n) is 30.0. The summed E-state index contributed by atoms with van der Waals surface area (Å²) in [5.74, 6) is -0.955. The van der Waals surface area contributed by atoms with Crippen molar-refractivity contribution in [3.05, 3.63) is 109 Å². The van der Waals surface area contributed by atoms with E-state index in [1.807, 2.05) is 0 Å². The van der Waals surface area contributed by atoms with Gasteiger partial charge in [-0.15, -0.1) is 0 Å². The molecule has 0 fully saturated rings. The lowest BCUT2D eigenvalue weighted by molar-refractivity contribution is -0.137. The quantitative estimate of drug-likeness (QED) is 0.0226. The van der Waals surface area contributed by atoms with Gasteiger partial charge < -0.3 is 33.2 Å². The average molecular weight is 745 g/mol. The third-order valence-corrected chi connectivity index (χ3v) is 7.51. The van der Waals surface area contributed by atoms with E-state index in [9.17, 15) is 28.8 Å². The smallest absolute Gasteiger partial charge is 0.463 e. The maximum absolute atomic E-state index is 12.6. The Morgan fingerprint density at radius 2 is 0.778 bits per heavy atom. The van der Waals surface area contributed by atoms with Crippen LogP contribution in [-0.4, -0.2) is 55.8 Å². The van der Waals surface area contributed by atoms with Gasteiger partial charge in [0.25, 0.3) is 0 Å². The molecule has 0 saturated heterocycles. The summed E-state index contributed by atoms with van der Waals surface area (Å²) in [4.78, 5) is 71.4. The summed E-state index contributed by atoms with van der Waals surface area (Å²) in [7, 11) is 0. The Labute approximate surface area is 313 Å². The van der Waals surface area contributed by atoms with Gasteiger partial charge in [0.15, 0.2) is 5.78 Å². The van der Waals surface area contributed by atoms with Crippen LogP contribution in [0.2, 0.25) is 0 Å². The molecular weight excluding hydrogens is 700 g/mol. The fraction of sp³-hybridized carbons (Fsp3) is 0.317. The number of ketones is 1. The molecule has 54 heavy (non-hydrogen) atoms. The molecule has 0 atom stereocenters. The zero-order valence-corrected chi connectivity index (χ0v) is 30.0. The van der Waals surface area contributed by atoms with E-state index < -0.39 is 30.2 Å². The SMILES string of the molecule is C=CC(=O)CCCCCCCOC(=O)Oc1ccc(C(=O)Oc2ccc(OC(=O)c3ccc(OC(=O)OCCCCCCOC(=O)C=C)cc3)cc2)cc1. The summed E-state index contributed by atoms with van der Waals surface area (Å²) < 4.78 is 36.1. The number of hydrogen-bond donors (Lipinski definition) is 0. The highest BCUT2D eigenvalue weighted by Gasteiger charge is 2.14. The van der Waals surface area contributed by atoms with E-state index in [0.29, 0.717) is 32.3 Å². The van der Waals surface area contributed by atoms with Gasteiger partial charge >= 0.3 is 30.2 Å². The van der Waals surface area contributed by atoms with E-state index >= 15 is 0 Å². The number of ether oxygens (including phenoxy) is 7. The van der Waals surface area contributed by atoms with Crippen molar-refractivity contribution in [2.45, 2.75) is 64.2 Å². The van der Waals surface area contributed by atoms with Gasteiger partial charge in [0, 0.05) is 12.5 Å². The van der Waals surface area contributed by atoms with Crippen LogP contribution in [0.15, 0.2) is 98.1 Å². The fourth-order valence-corrected chi connectivity index (χ4v) is 4.61. The molecule has 13 nitrogen and oxygen atoms in total. The summed E-state index contributed by atoms with van der Waals surface area (Å²) >= 11 is 0. The van der Waals surface area contributed by atoms with E-state index in [0.717, 1.165) is 44.6 Å². The van der Waals surface area contributed by atoms with Crippen LogP contribution < -0.4 is 18.9 Å². The van der Waals surface area contributed by atoms with E-state index in [1.54, 1.807) is 0 Å². The van der Waals surface area contributed by atoms with Crippen molar-refractivity contribution in [1.29, 1.82) is 0 Å². The number of carbonyl (C=O) groups excluding carboxylic acids is 6. The van der Waals surface area contributed by atoms with Crippen molar-refractivity contribution < 1.29 is 61.9 Å². The number of esters is 3. The molecule has 286 valence electrons. The Morgan fingerprint density at radius 1 is 0.426 bits per heavy atom. The molecule has 13 heteroatoms. The van der Waals surface area contributed by atoms with Crippen LogP contribution in [0.1, 0.15) is 84.9 Å². The second-order valence-electron chi connectivity index (χ2n) is 11.7. The third-order valence-electron chi connectivity index (χ3n) is 7.51. The molecule has 0 heterocycles. The van der Waals surface area contributed by atoms with Gasteiger partial charge in [-0.25, -0.2) is 24.0 Å². The average Bonchev–Trinajstić information content (AvgIpc) is 3.17. The predicted molar refractivity (Wildman–Crippen MR) is 196 cm³/mol. The molecule has 0 unspecified atom stereocenters. The summed E-state index contributed by atoms with van der Waals surface area (Å²) in [5.41, 5.74) is 0.409. The summed E-state index contributed by atoms with van der Waals surface area (Å²) in [5, 5.41) is 0. The van der Waals surface area contributed by atoms with Gasteiger partial charge in [0.1, 0.15) is 23.0 Å². The standard InChI is InChI=1S/C41H44O13/c1-3-32(42)14-10-6-5-7-12-28-49-40(46)53-35-19-15-30(16-20-35)38(44)51-33-23-25-34(26-24-33)52-39(45)31-17-21-36(22-18-31)54-41(47)50-29-13-9-8-11-27-48-37(43)4-2/h3-4,15-26H,1-2,5-14,27-29H2. The lowest BCUT2D eigenvalue weighted by atomic mass is 10.1. The minimum absolute atomic E-state index is 0.0418. The van der Waals surface area contributed by atoms with Gasteiger partial charge in [-0.2, -0.15) is 0 Å². The van der Waals surface area contributed by atoms with Crippen LogP contribution in [0.3, 0.4) is 0 Å². The molecule has 0 saturated carbocycles. The molecule has 0 spiro atoms. The van der Waals surface area contributed by atoms with Gasteiger partial charge in [0.2, 0.25) is 0 Å². The number of carbonyl (C=O) groups is 6. The Balaban J connectivity index is 1.31. The van der Waals surface area contributed by atoms with Crippen molar-refractivity contribution in [3.63, 3.8) is 0 Å². The van der Waals surface area contributed by atoms with Gasteiger partial charge in [0.05, 0.1) is 30.9 Å². The molecule has 3 aromatic carbocycles. The minimum atomic E-state index is -0.875. The summed E-state index contributed by atoms with van der Waals surface area (Å²) in [6.45, 7) is 7.46. The highest BCUT2D eigenvalue weighted by atomic mass is 16.7. The van der Waals surface area contributed by atoms with Crippen molar-refractivity contribution in [2.24, 2.45) is 0 Å². The Kier molecular flexibility index (Phi) is 18.8. The van der Waals surface area contributed by atoms with E-state index in [1.165, 1.54) is 78.9 Å². The first-order valence-corrected chi connectivity index (χ1v) is 17.5. The van der Waals surface area contributed by atoms with Crippen LogP contribution >= 0.6 is 0 Å². The lowest BCUT2D eigenvalue weighted by Gasteiger charge is -2.09. The first kappa shape index (κ1) is 42.2. The molecular formula is C41H44O13. The number of allylic oxidation sites excluding steroid dienone is 1. The predicted octanol–water partition coefficient (Wildman–Crippen LogP) is 8.54. The maximum atomic E-state index is 12.6. The number of benzene rings is 3. The summed E-state index contributed by atoms with van der Waals surface area (Å²) in [6, 6.07) is 17.3. The van der Waals surface area contributed by atoms with E-state index in [-0.39, 0.29) is 53.1 Å². The first-order valence-electron chi connectivity index (χ1n) is 17.5. The lowest BCUT2D eigenvalue weighted by Crippen LogP contribution is -2.12. The molecule has 3 rings (SSSR count). The molecule has 0 bridgehead atoms. The number of hydrogen-bond acceptors (Lipinski definition) is 13. The van der Waals surface area contributed by atoms with Crippen LogP contribution in [0.4, 0.5) is 9.59 Å². The van der Waals surface area contributed by atoms with E-state index in [4.69, 9.17) is 33.2 Å². The van der Waals surface area contributed by atoms with Crippen molar-refractivity contribution in [3.8, 4) is 23.0 Å². The van der Waals surface area contributed by atoms with Crippen LogP contribution in [-0.2, 0) is 23.8 Å². The Bertz CT molecular complexity index is 1570. The third kappa shape index (κ3) is 16.9. The Hall–Kier alpha value is -6.24. The van der Waals surface area contributed by atoms with Gasteiger partial charge in [-0.1, -0.05) is 32.4 Å². The molecule has 0 radical (unpaired) electrons. The van der Waals surface area contributed by atoms with Crippen molar-refractivity contribution >= 4 is 36.0 Å². The van der Waals surface area contributed by atoms with Crippen LogP contribution in [0.25, 0.3) is 0 Å². The molecule has 0 aromatic heterocycles. The normalized spacial score (nSPS) is 10.3. The van der Waals surface area contributed by atoms with Gasteiger partial charge in [-0.3, -0.25) is 4.79 Å². The number of rotatable bonds is 23. The molecule has 0 aliphatic heterocycles. The highest BCUT2D eigenvalue weighted by molar-refractivity contribution is 5.92. The van der Waals surface area contributed by atoms with Gasteiger partial charge in [-0.05, 0) is 117 Å². The topological polar surface area (TPSA) is 167 Å². The largest absolute Gasteiger partial charge is 0.513 e. The highest BCUT2D eigenvalue weighted by Crippen LogP contribution is 2.22. The second kappa shape index (κ2) is 24.1. The first-order chi connectivity index (χ1) is 26.2. The maximum Gasteiger partial charge on any atom is 0.513 e. The minimum Gasteiger partial charge on any atom is -0.463 e.